The Morgan fingerprint density at radius 1 is 0.328 bits per heavy atom. The van der Waals surface area contributed by atoms with Gasteiger partial charge in [-0.2, -0.15) is 0 Å². The van der Waals surface area contributed by atoms with Crippen molar-refractivity contribution in [3.05, 3.63) is 122 Å². The van der Waals surface area contributed by atoms with E-state index in [0.717, 1.165) is 122 Å². The van der Waals surface area contributed by atoms with E-state index in [-0.39, 0.29) is 37.5 Å². The van der Waals surface area contributed by atoms with E-state index in [1.165, 1.54) is 38.5 Å². The smallest absolute Gasteiger partial charge is 0.306 e. The lowest BCUT2D eigenvalue weighted by atomic mass is 10.1. The third-order valence-electron chi connectivity index (χ3n) is 10.3. The number of hydrogen-bond donors (Lipinski definition) is 0. The minimum absolute atomic E-state index is 0.106. The first-order valence-corrected chi connectivity index (χ1v) is 25.6. The van der Waals surface area contributed by atoms with Gasteiger partial charge in [0, 0.05) is 19.3 Å². The third kappa shape index (κ3) is 48.8. The second-order valence-corrected chi connectivity index (χ2v) is 16.4. The van der Waals surface area contributed by atoms with Crippen molar-refractivity contribution in [2.45, 2.75) is 213 Å². The van der Waals surface area contributed by atoms with Gasteiger partial charge in [-0.3, -0.25) is 14.4 Å². The van der Waals surface area contributed by atoms with Crippen molar-refractivity contribution in [3.63, 3.8) is 0 Å². The quantitative estimate of drug-likeness (QED) is 0.0199. The second kappa shape index (κ2) is 51.4. The first-order valence-electron chi connectivity index (χ1n) is 25.6. The van der Waals surface area contributed by atoms with Gasteiger partial charge < -0.3 is 14.2 Å². The molecule has 0 fully saturated rings. The lowest BCUT2D eigenvalue weighted by Crippen LogP contribution is -2.30. The summed E-state index contributed by atoms with van der Waals surface area (Å²) < 4.78 is 16.7. The minimum Gasteiger partial charge on any atom is -0.462 e. The molecule has 0 bridgehead atoms. The van der Waals surface area contributed by atoms with E-state index >= 15 is 0 Å². The van der Waals surface area contributed by atoms with Gasteiger partial charge >= 0.3 is 17.9 Å². The average molecular weight is 885 g/mol. The molecule has 1 unspecified atom stereocenters. The van der Waals surface area contributed by atoms with E-state index in [4.69, 9.17) is 14.2 Å². The van der Waals surface area contributed by atoms with Crippen LogP contribution < -0.4 is 0 Å². The zero-order chi connectivity index (χ0) is 46.5. The molecule has 0 aliphatic rings. The van der Waals surface area contributed by atoms with Crippen LogP contribution in [0, 0.1) is 0 Å². The molecule has 0 aromatic rings. The van der Waals surface area contributed by atoms with Gasteiger partial charge in [0.05, 0.1) is 0 Å². The van der Waals surface area contributed by atoms with Crippen molar-refractivity contribution in [2.75, 3.05) is 13.2 Å². The Kier molecular flexibility index (Phi) is 48.1. The van der Waals surface area contributed by atoms with Crippen LogP contribution in [0.2, 0.25) is 0 Å². The summed E-state index contributed by atoms with van der Waals surface area (Å²) in [6, 6.07) is 0. The summed E-state index contributed by atoms with van der Waals surface area (Å²) in [6.45, 7) is 6.20. The molecule has 0 heterocycles. The number of allylic oxidation sites excluding steroid dienone is 20. The fourth-order valence-corrected chi connectivity index (χ4v) is 6.57. The van der Waals surface area contributed by atoms with Gasteiger partial charge in [0.2, 0.25) is 0 Å². The van der Waals surface area contributed by atoms with Gasteiger partial charge in [-0.05, 0) is 96.3 Å². The van der Waals surface area contributed by atoms with Crippen molar-refractivity contribution in [2.24, 2.45) is 0 Å². The normalized spacial score (nSPS) is 13.1. The molecule has 0 aromatic heterocycles. The van der Waals surface area contributed by atoms with Crippen LogP contribution >= 0.6 is 0 Å². The van der Waals surface area contributed by atoms with Crippen LogP contribution in [0.15, 0.2) is 122 Å². The van der Waals surface area contributed by atoms with E-state index in [1.807, 2.05) is 48.6 Å². The van der Waals surface area contributed by atoms with Gasteiger partial charge in [-0.15, -0.1) is 0 Å². The Hall–Kier alpha value is -4.19. The number of rotatable bonds is 44. The fraction of sp³-hybridized carbons (Fsp3) is 0.603. The lowest BCUT2D eigenvalue weighted by molar-refractivity contribution is -0.167. The maximum absolute atomic E-state index is 12.8. The molecule has 0 aliphatic carbocycles. The van der Waals surface area contributed by atoms with Crippen molar-refractivity contribution in [1.29, 1.82) is 0 Å². The highest BCUT2D eigenvalue weighted by Crippen LogP contribution is 2.14. The van der Waals surface area contributed by atoms with Gasteiger partial charge in [0.25, 0.3) is 0 Å². The molecule has 0 saturated heterocycles. The van der Waals surface area contributed by atoms with Gasteiger partial charge in [-0.1, -0.05) is 213 Å². The molecule has 0 N–H and O–H groups in total. The zero-order valence-corrected chi connectivity index (χ0v) is 41.0. The SMILES string of the molecule is CC\C=C/C=C\C=C/C=C\C=C/CCCCCC(=O)OC(COC(=O)CCCCCCC/C=C\C/C=C\CC)COC(=O)CCCCCCCCCCC/C=C\C/C=C\C/C=C\CC. The molecule has 0 rings (SSSR count). The van der Waals surface area contributed by atoms with E-state index in [9.17, 15) is 14.4 Å². The Morgan fingerprint density at radius 2 is 0.641 bits per heavy atom. The Labute approximate surface area is 392 Å². The number of carbonyl (C=O) groups excluding carboxylic acids is 3. The summed E-state index contributed by atoms with van der Waals surface area (Å²) >= 11 is 0. The summed E-state index contributed by atoms with van der Waals surface area (Å²) in [5, 5.41) is 0. The van der Waals surface area contributed by atoms with Gasteiger partial charge in [0.15, 0.2) is 6.10 Å². The molecular weight excluding hydrogens is 793 g/mol. The summed E-state index contributed by atoms with van der Waals surface area (Å²) in [5.41, 5.74) is 0. The van der Waals surface area contributed by atoms with Crippen LogP contribution in [-0.4, -0.2) is 37.2 Å². The highest BCUT2D eigenvalue weighted by molar-refractivity contribution is 5.71. The molecule has 0 saturated carbocycles. The molecule has 0 aromatic carbocycles. The highest BCUT2D eigenvalue weighted by atomic mass is 16.6. The monoisotopic (exact) mass is 885 g/mol. The molecule has 64 heavy (non-hydrogen) atoms. The van der Waals surface area contributed by atoms with Crippen molar-refractivity contribution >= 4 is 17.9 Å². The Bertz CT molecular complexity index is 1390. The third-order valence-corrected chi connectivity index (χ3v) is 10.3. The van der Waals surface area contributed by atoms with Crippen LogP contribution in [-0.2, 0) is 28.6 Å². The van der Waals surface area contributed by atoms with Crippen molar-refractivity contribution < 1.29 is 28.6 Å². The Balaban J connectivity index is 4.47. The lowest BCUT2D eigenvalue weighted by Gasteiger charge is -2.18. The number of hydrogen-bond acceptors (Lipinski definition) is 6. The topological polar surface area (TPSA) is 78.9 Å². The molecule has 360 valence electrons. The van der Waals surface area contributed by atoms with Crippen LogP contribution in [0.3, 0.4) is 0 Å². The molecule has 0 amide bonds. The molecular formula is C58H92O6. The molecule has 0 aliphatic heterocycles. The summed E-state index contributed by atoms with van der Waals surface area (Å²) in [7, 11) is 0. The molecule has 0 radical (unpaired) electrons. The summed E-state index contributed by atoms with van der Waals surface area (Å²) in [5.74, 6) is -0.977. The molecule has 1 atom stereocenters. The number of ether oxygens (including phenoxy) is 3. The van der Waals surface area contributed by atoms with Crippen LogP contribution in [0.4, 0.5) is 0 Å². The second-order valence-electron chi connectivity index (χ2n) is 16.4. The van der Waals surface area contributed by atoms with E-state index in [0.29, 0.717) is 19.3 Å². The zero-order valence-electron chi connectivity index (χ0n) is 41.0. The van der Waals surface area contributed by atoms with Crippen molar-refractivity contribution in [1.82, 2.24) is 0 Å². The predicted molar refractivity (Wildman–Crippen MR) is 274 cm³/mol. The van der Waals surface area contributed by atoms with Gasteiger partial charge in [0.1, 0.15) is 13.2 Å². The summed E-state index contributed by atoms with van der Waals surface area (Å²) in [4.78, 5) is 38.0. The molecule has 6 heteroatoms. The van der Waals surface area contributed by atoms with Crippen LogP contribution in [0.1, 0.15) is 207 Å². The van der Waals surface area contributed by atoms with Gasteiger partial charge in [-0.25, -0.2) is 0 Å². The maximum Gasteiger partial charge on any atom is 0.306 e. The summed E-state index contributed by atoms with van der Waals surface area (Å²) in [6.07, 6.45) is 70.4. The van der Waals surface area contributed by atoms with E-state index in [1.54, 1.807) is 0 Å². The van der Waals surface area contributed by atoms with E-state index < -0.39 is 6.10 Å². The van der Waals surface area contributed by atoms with E-state index in [2.05, 4.69) is 93.7 Å². The minimum atomic E-state index is -0.811. The first-order chi connectivity index (χ1) is 31.5. The standard InChI is InChI=1S/C58H92O6/c1-4-7-10-13-16-19-22-25-27-28-29-30-32-33-36-39-42-45-48-51-57(60)63-54-55(53-62-56(59)50-47-44-41-38-35-24-21-18-15-12-9-6-3)64-58(61)52-49-46-43-40-37-34-31-26-23-20-17-14-11-8-5-2/h7-12,14,16-21,23,25-27,31,34,37,55H,4-6,13,15,22,24,28-30,32-33,35-36,38-54H2,1-3H3/b10-7-,11-8-,12-9-,17-14-,19-16-,21-18-,23-20-,27-25-,31-26-,37-34-. The number of esters is 3. The predicted octanol–water partition coefficient (Wildman–Crippen LogP) is 16.9. The van der Waals surface area contributed by atoms with Crippen LogP contribution in [0.5, 0.6) is 0 Å². The average Bonchev–Trinajstić information content (AvgIpc) is 3.29. The number of carbonyl (C=O) groups is 3. The maximum atomic E-state index is 12.8. The highest BCUT2D eigenvalue weighted by Gasteiger charge is 2.19. The largest absolute Gasteiger partial charge is 0.462 e. The number of unbranched alkanes of at least 4 members (excludes halogenated alkanes) is 17. The molecule has 0 spiro atoms. The van der Waals surface area contributed by atoms with Crippen LogP contribution in [0.25, 0.3) is 0 Å². The first kappa shape index (κ1) is 59.8. The fourth-order valence-electron chi connectivity index (χ4n) is 6.57. The Morgan fingerprint density at radius 3 is 1.08 bits per heavy atom. The molecule has 6 nitrogen and oxygen atoms in total. The van der Waals surface area contributed by atoms with Crippen molar-refractivity contribution in [3.8, 4) is 0 Å².